The summed E-state index contributed by atoms with van der Waals surface area (Å²) in [6.07, 6.45) is 5.51. The lowest BCUT2D eigenvalue weighted by atomic mass is 9.96. The number of hydrogen-bond donors (Lipinski definition) is 1. The molecule has 0 atom stereocenters. The molecule has 2 aliphatic rings. The summed E-state index contributed by atoms with van der Waals surface area (Å²) in [7, 11) is 0. The summed E-state index contributed by atoms with van der Waals surface area (Å²) in [6.45, 7) is 0.698. The number of benzene rings is 1. The minimum atomic E-state index is -0.281. The topological polar surface area (TPSA) is 59.3 Å². The van der Waals surface area contributed by atoms with Gasteiger partial charge in [0.1, 0.15) is 11.5 Å². The highest BCUT2D eigenvalue weighted by atomic mass is 19.1. The number of nitrogens with one attached hydrogen (secondary N) is 1. The van der Waals surface area contributed by atoms with Gasteiger partial charge in [0.2, 0.25) is 0 Å². The number of hydrogen-bond acceptors (Lipinski definition) is 4. The van der Waals surface area contributed by atoms with Crippen LogP contribution in [0.3, 0.4) is 0 Å². The fraction of sp³-hybridized carbons (Fsp3) is 0.389. The minimum absolute atomic E-state index is 0.101. The maximum absolute atomic E-state index is 13.0. The second-order valence-corrected chi connectivity index (χ2v) is 6.31. The number of nitrogens with zero attached hydrogens (tertiary/aromatic N) is 3. The van der Waals surface area contributed by atoms with Crippen LogP contribution in [0.4, 0.5) is 10.1 Å². The smallest absolute Gasteiger partial charge is 0.257 e. The van der Waals surface area contributed by atoms with E-state index in [9.17, 15) is 9.18 Å². The molecule has 1 N–H and O–H groups in total. The molecular weight excluding hydrogens is 307 g/mol. The molecule has 1 aromatic carbocycles. The predicted octanol–water partition coefficient (Wildman–Crippen LogP) is 2.87. The number of aromatic nitrogens is 2. The van der Waals surface area contributed by atoms with E-state index in [-0.39, 0.29) is 11.4 Å². The fourth-order valence-corrected chi connectivity index (χ4v) is 3.40. The van der Waals surface area contributed by atoms with Gasteiger partial charge >= 0.3 is 0 Å². The summed E-state index contributed by atoms with van der Waals surface area (Å²) >= 11 is 0. The number of anilines is 1. The normalized spacial score (nSPS) is 18.1. The van der Waals surface area contributed by atoms with Gasteiger partial charge < -0.3 is 0 Å². The van der Waals surface area contributed by atoms with Crippen molar-refractivity contribution >= 4 is 11.4 Å². The third kappa shape index (κ3) is 2.72. The van der Waals surface area contributed by atoms with E-state index in [0.717, 1.165) is 55.5 Å². The Morgan fingerprint density at radius 1 is 1.08 bits per heavy atom. The Hall–Kier alpha value is -2.50. The summed E-state index contributed by atoms with van der Waals surface area (Å²) in [5.41, 5.74) is 6.37. The Balaban J connectivity index is 1.70. The standard InChI is InChI=1S/C18H19FN4O/c19-12-7-9-13(10-8-12)21-22-16-6-3-11-23-17(16)20-15-5-2-1-4-14(15)18(23)24/h7-10,21H,1-6,11H2/b22-16-. The Kier molecular flexibility index (Phi) is 3.88. The third-order valence-electron chi connectivity index (χ3n) is 4.66. The van der Waals surface area contributed by atoms with Gasteiger partial charge in [0.05, 0.1) is 11.4 Å². The molecule has 0 unspecified atom stereocenters. The van der Waals surface area contributed by atoms with Gasteiger partial charge in [0.15, 0.2) is 5.82 Å². The summed E-state index contributed by atoms with van der Waals surface area (Å²) in [4.78, 5) is 17.5. The molecule has 1 aliphatic heterocycles. The number of fused-ring (bicyclic) bond motifs is 2. The Bertz CT molecular complexity index is 855. The van der Waals surface area contributed by atoms with E-state index in [1.807, 2.05) is 0 Å². The van der Waals surface area contributed by atoms with Gasteiger partial charge in [0.25, 0.3) is 5.56 Å². The second-order valence-electron chi connectivity index (χ2n) is 6.31. The van der Waals surface area contributed by atoms with Crippen molar-refractivity contribution in [1.82, 2.24) is 9.55 Å². The third-order valence-corrected chi connectivity index (χ3v) is 4.66. The second kappa shape index (κ2) is 6.19. The first kappa shape index (κ1) is 15.1. The van der Waals surface area contributed by atoms with E-state index >= 15 is 0 Å². The average Bonchev–Trinajstić information content (AvgIpc) is 2.62. The lowest BCUT2D eigenvalue weighted by Crippen LogP contribution is -2.36. The van der Waals surface area contributed by atoms with Crippen molar-refractivity contribution in [2.75, 3.05) is 5.43 Å². The molecule has 2 heterocycles. The highest BCUT2D eigenvalue weighted by molar-refractivity contribution is 5.98. The largest absolute Gasteiger partial charge is 0.291 e. The molecule has 0 fully saturated rings. The predicted molar refractivity (Wildman–Crippen MR) is 90.9 cm³/mol. The molecule has 5 nitrogen and oxygen atoms in total. The van der Waals surface area contributed by atoms with E-state index in [0.29, 0.717) is 18.1 Å². The van der Waals surface area contributed by atoms with Crippen LogP contribution in [0, 0.1) is 5.82 Å². The van der Waals surface area contributed by atoms with Gasteiger partial charge in [-0.2, -0.15) is 5.10 Å². The van der Waals surface area contributed by atoms with Crippen LogP contribution >= 0.6 is 0 Å². The van der Waals surface area contributed by atoms with Gasteiger partial charge in [0, 0.05) is 12.1 Å². The highest BCUT2D eigenvalue weighted by Gasteiger charge is 2.24. The number of rotatable bonds is 2. The molecule has 24 heavy (non-hydrogen) atoms. The van der Waals surface area contributed by atoms with Gasteiger partial charge in [-0.1, -0.05) is 0 Å². The van der Waals surface area contributed by atoms with E-state index in [1.54, 1.807) is 16.7 Å². The summed E-state index contributed by atoms with van der Waals surface area (Å²) in [6, 6.07) is 6.04. The minimum Gasteiger partial charge on any atom is -0.291 e. The first-order valence-corrected chi connectivity index (χ1v) is 8.43. The molecule has 2 aromatic rings. The summed E-state index contributed by atoms with van der Waals surface area (Å²) in [5, 5.41) is 4.44. The van der Waals surface area contributed by atoms with Crippen LogP contribution in [0.15, 0.2) is 34.2 Å². The molecule has 0 saturated heterocycles. The van der Waals surface area contributed by atoms with Gasteiger partial charge in [-0.15, -0.1) is 0 Å². The van der Waals surface area contributed by atoms with E-state index < -0.39 is 0 Å². The van der Waals surface area contributed by atoms with Crippen LogP contribution in [-0.4, -0.2) is 15.3 Å². The molecule has 6 heteroatoms. The molecule has 0 radical (unpaired) electrons. The Morgan fingerprint density at radius 2 is 1.88 bits per heavy atom. The van der Waals surface area contributed by atoms with Crippen LogP contribution in [0.5, 0.6) is 0 Å². The first-order valence-electron chi connectivity index (χ1n) is 8.43. The van der Waals surface area contributed by atoms with E-state index in [1.165, 1.54) is 12.1 Å². The molecule has 1 aliphatic carbocycles. The van der Waals surface area contributed by atoms with Crippen LogP contribution in [0.1, 0.15) is 42.8 Å². The zero-order chi connectivity index (χ0) is 16.5. The molecule has 4 rings (SSSR count). The number of hydrazone groups is 1. The van der Waals surface area contributed by atoms with Crippen molar-refractivity contribution in [2.45, 2.75) is 45.1 Å². The Labute approximate surface area is 139 Å². The lowest BCUT2D eigenvalue weighted by Gasteiger charge is -2.23. The lowest BCUT2D eigenvalue weighted by molar-refractivity contribution is 0.559. The zero-order valence-corrected chi connectivity index (χ0v) is 13.4. The number of halogens is 1. The molecule has 0 bridgehead atoms. The van der Waals surface area contributed by atoms with Crippen molar-refractivity contribution in [3.05, 3.63) is 57.5 Å². The van der Waals surface area contributed by atoms with E-state index in [4.69, 9.17) is 4.98 Å². The molecule has 0 spiro atoms. The van der Waals surface area contributed by atoms with Gasteiger partial charge in [-0.3, -0.25) is 14.8 Å². The SMILES string of the molecule is O=c1c2c(nc3n1CCC/C3=N/Nc1ccc(F)cc1)CCCC2. The van der Waals surface area contributed by atoms with Crippen LogP contribution in [0.2, 0.25) is 0 Å². The maximum atomic E-state index is 13.0. The van der Waals surface area contributed by atoms with E-state index in [2.05, 4.69) is 10.5 Å². The monoisotopic (exact) mass is 326 g/mol. The summed E-state index contributed by atoms with van der Waals surface area (Å²) in [5.74, 6) is 0.401. The molecule has 0 amide bonds. The quantitative estimate of drug-likeness (QED) is 0.863. The van der Waals surface area contributed by atoms with Crippen LogP contribution in [-0.2, 0) is 19.4 Å². The van der Waals surface area contributed by atoms with Crippen molar-refractivity contribution < 1.29 is 4.39 Å². The highest BCUT2D eigenvalue weighted by Crippen LogP contribution is 2.20. The van der Waals surface area contributed by atoms with Gasteiger partial charge in [-0.05, 0) is 62.8 Å². The van der Waals surface area contributed by atoms with Crippen molar-refractivity contribution in [3.8, 4) is 0 Å². The molecule has 1 aromatic heterocycles. The Morgan fingerprint density at radius 3 is 2.71 bits per heavy atom. The average molecular weight is 326 g/mol. The van der Waals surface area contributed by atoms with Crippen molar-refractivity contribution in [1.29, 1.82) is 0 Å². The fourth-order valence-electron chi connectivity index (χ4n) is 3.40. The van der Waals surface area contributed by atoms with Crippen LogP contribution in [0.25, 0.3) is 0 Å². The first-order chi connectivity index (χ1) is 11.7. The van der Waals surface area contributed by atoms with Gasteiger partial charge in [-0.25, -0.2) is 9.37 Å². The van der Waals surface area contributed by atoms with Crippen molar-refractivity contribution in [3.63, 3.8) is 0 Å². The molecule has 124 valence electrons. The molecule has 0 saturated carbocycles. The summed E-state index contributed by atoms with van der Waals surface area (Å²) < 4.78 is 14.7. The van der Waals surface area contributed by atoms with Crippen LogP contribution < -0.4 is 11.0 Å². The maximum Gasteiger partial charge on any atom is 0.257 e. The molecular formula is C18H19FN4O. The zero-order valence-electron chi connectivity index (χ0n) is 13.4. The number of aryl methyl sites for hydroxylation is 1. The van der Waals surface area contributed by atoms with Crippen molar-refractivity contribution in [2.24, 2.45) is 5.10 Å².